The molecule has 1 N–H and O–H groups in total. The van der Waals surface area contributed by atoms with E-state index in [9.17, 15) is 13.2 Å². The minimum Gasteiger partial charge on any atom is -0.392 e. The van der Waals surface area contributed by atoms with Gasteiger partial charge in [-0.1, -0.05) is 22.0 Å². The summed E-state index contributed by atoms with van der Waals surface area (Å²) < 4.78 is 39.0. The number of hydrogen-bond acceptors (Lipinski definition) is 2. The van der Waals surface area contributed by atoms with E-state index in [1.165, 1.54) is 0 Å². The molecule has 0 spiro atoms. The van der Waals surface area contributed by atoms with Crippen LogP contribution in [0.4, 0.5) is 18.9 Å². The smallest absolute Gasteiger partial charge is 0.392 e. The molecule has 0 aromatic heterocycles. The van der Waals surface area contributed by atoms with Crippen molar-refractivity contribution in [3.05, 3.63) is 28.2 Å². The summed E-state index contributed by atoms with van der Waals surface area (Å²) in [4.78, 5) is 1.76. The molecule has 1 atom stereocenters. The van der Waals surface area contributed by atoms with Crippen molar-refractivity contribution in [1.29, 1.82) is 0 Å². The highest BCUT2D eigenvalue weighted by atomic mass is 79.9. The van der Waals surface area contributed by atoms with Crippen molar-refractivity contribution < 1.29 is 18.3 Å². The highest BCUT2D eigenvalue weighted by molar-refractivity contribution is 9.10. The molecule has 106 valence electrons. The van der Waals surface area contributed by atoms with Crippen molar-refractivity contribution >= 4 is 21.6 Å². The predicted molar refractivity (Wildman–Crippen MR) is 71.1 cm³/mol. The maximum atomic E-state index is 12.8. The average Bonchev–Trinajstić information content (AvgIpc) is 2.38. The molecule has 2 rings (SSSR count). The van der Waals surface area contributed by atoms with E-state index in [-0.39, 0.29) is 19.6 Å². The standard InChI is InChI=1S/C13H15BrF3NO/c14-12-6-11(4-3-9(12)8-19)18-5-1-2-10(7-18)13(15,16)17/h3-4,6,10,19H,1-2,5,7-8H2. The Bertz CT molecular complexity index is 450. The molecule has 1 aliphatic heterocycles. The van der Waals surface area contributed by atoms with Gasteiger partial charge in [0.1, 0.15) is 0 Å². The highest BCUT2D eigenvalue weighted by Crippen LogP contribution is 2.35. The van der Waals surface area contributed by atoms with Crippen LogP contribution in [-0.4, -0.2) is 24.4 Å². The maximum absolute atomic E-state index is 12.8. The van der Waals surface area contributed by atoms with Crippen LogP contribution in [0.5, 0.6) is 0 Å². The van der Waals surface area contributed by atoms with Gasteiger partial charge in [0.05, 0.1) is 12.5 Å². The summed E-state index contributed by atoms with van der Waals surface area (Å²) in [7, 11) is 0. The number of aliphatic hydroxyl groups excluding tert-OH is 1. The van der Waals surface area contributed by atoms with E-state index in [2.05, 4.69) is 15.9 Å². The summed E-state index contributed by atoms with van der Waals surface area (Å²) >= 11 is 3.32. The molecule has 2 nitrogen and oxygen atoms in total. The second kappa shape index (κ2) is 5.71. The molecule has 0 saturated carbocycles. The lowest BCUT2D eigenvalue weighted by Gasteiger charge is -2.35. The second-order valence-electron chi connectivity index (χ2n) is 4.76. The minimum absolute atomic E-state index is 0.00834. The van der Waals surface area contributed by atoms with Gasteiger partial charge in [0.25, 0.3) is 0 Å². The van der Waals surface area contributed by atoms with Gasteiger partial charge < -0.3 is 10.0 Å². The summed E-state index contributed by atoms with van der Waals surface area (Å²) in [5.74, 6) is -1.25. The summed E-state index contributed by atoms with van der Waals surface area (Å²) in [6.45, 7) is 0.554. The van der Waals surface area contributed by atoms with Gasteiger partial charge in [-0.05, 0) is 30.5 Å². The van der Waals surface area contributed by atoms with Gasteiger partial charge >= 0.3 is 6.18 Å². The maximum Gasteiger partial charge on any atom is 0.393 e. The van der Waals surface area contributed by atoms with E-state index in [0.717, 1.165) is 15.7 Å². The molecule has 1 saturated heterocycles. The Balaban J connectivity index is 2.15. The van der Waals surface area contributed by atoms with Crippen LogP contribution in [0, 0.1) is 5.92 Å². The number of alkyl halides is 3. The van der Waals surface area contributed by atoms with E-state index in [1.54, 1.807) is 23.1 Å². The molecule has 1 heterocycles. The topological polar surface area (TPSA) is 23.5 Å². The summed E-state index contributed by atoms with van der Waals surface area (Å²) in [6, 6.07) is 5.26. The molecule has 1 unspecified atom stereocenters. The van der Waals surface area contributed by atoms with Crippen molar-refractivity contribution in [3.8, 4) is 0 Å². The summed E-state index contributed by atoms with van der Waals surface area (Å²) in [5.41, 5.74) is 1.49. The molecular formula is C13H15BrF3NO. The summed E-state index contributed by atoms with van der Waals surface area (Å²) in [5, 5.41) is 9.08. The molecule has 1 fully saturated rings. The zero-order chi connectivity index (χ0) is 14.0. The number of anilines is 1. The Kier molecular flexibility index (Phi) is 4.40. The molecule has 1 aromatic rings. The van der Waals surface area contributed by atoms with E-state index >= 15 is 0 Å². The van der Waals surface area contributed by atoms with E-state index < -0.39 is 12.1 Å². The fourth-order valence-corrected chi connectivity index (χ4v) is 2.83. The van der Waals surface area contributed by atoms with Crippen LogP contribution in [-0.2, 0) is 6.61 Å². The number of nitrogens with zero attached hydrogens (tertiary/aromatic N) is 1. The van der Waals surface area contributed by atoms with Gasteiger partial charge in [-0.3, -0.25) is 0 Å². The van der Waals surface area contributed by atoms with Gasteiger partial charge in [-0.15, -0.1) is 0 Å². The number of piperidine rings is 1. The quantitative estimate of drug-likeness (QED) is 0.889. The molecule has 6 heteroatoms. The Labute approximate surface area is 118 Å². The average molecular weight is 338 g/mol. The predicted octanol–water partition coefficient (Wildman–Crippen LogP) is 3.72. The van der Waals surface area contributed by atoms with Crippen LogP contribution >= 0.6 is 15.9 Å². The third-order valence-corrected chi connectivity index (χ3v) is 4.19. The van der Waals surface area contributed by atoms with Crippen LogP contribution < -0.4 is 4.90 Å². The van der Waals surface area contributed by atoms with Crippen LogP contribution in [0.2, 0.25) is 0 Å². The van der Waals surface area contributed by atoms with Crippen LogP contribution in [0.1, 0.15) is 18.4 Å². The Morgan fingerprint density at radius 1 is 1.37 bits per heavy atom. The number of rotatable bonds is 2. The molecule has 1 aliphatic rings. The van der Waals surface area contributed by atoms with Gasteiger partial charge in [0, 0.05) is 23.2 Å². The lowest BCUT2D eigenvalue weighted by molar-refractivity contribution is -0.175. The van der Waals surface area contributed by atoms with Gasteiger partial charge in [-0.25, -0.2) is 0 Å². The van der Waals surface area contributed by atoms with Crippen molar-refractivity contribution in [2.75, 3.05) is 18.0 Å². The lowest BCUT2D eigenvalue weighted by Crippen LogP contribution is -2.41. The van der Waals surface area contributed by atoms with Crippen LogP contribution in [0.25, 0.3) is 0 Å². The molecule has 0 bridgehead atoms. The van der Waals surface area contributed by atoms with Gasteiger partial charge in [0.2, 0.25) is 0 Å². The minimum atomic E-state index is -4.12. The normalized spacial score (nSPS) is 20.7. The van der Waals surface area contributed by atoms with Crippen molar-refractivity contribution in [1.82, 2.24) is 0 Å². The fraction of sp³-hybridized carbons (Fsp3) is 0.538. The lowest BCUT2D eigenvalue weighted by atomic mass is 9.97. The second-order valence-corrected chi connectivity index (χ2v) is 5.61. The summed E-state index contributed by atoms with van der Waals surface area (Å²) in [6.07, 6.45) is -3.37. The first-order chi connectivity index (χ1) is 8.91. The Hall–Kier alpha value is -0.750. The monoisotopic (exact) mass is 337 g/mol. The van der Waals surface area contributed by atoms with Crippen LogP contribution in [0.3, 0.4) is 0 Å². The zero-order valence-corrected chi connectivity index (χ0v) is 11.8. The number of benzene rings is 1. The number of hydrogen-bond donors (Lipinski definition) is 1. The van der Waals surface area contributed by atoms with E-state index in [0.29, 0.717) is 13.0 Å². The Morgan fingerprint density at radius 3 is 2.68 bits per heavy atom. The molecule has 0 radical (unpaired) electrons. The van der Waals surface area contributed by atoms with Crippen molar-refractivity contribution in [2.45, 2.75) is 25.6 Å². The molecular weight excluding hydrogens is 323 g/mol. The van der Waals surface area contributed by atoms with E-state index in [1.807, 2.05) is 0 Å². The first-order valence-corrected chi connectivity index (χ1v) is 6.92. The molecule has 19 heavy (non-hydrogen) atoms. The molecule has 0 amide bonds. The zero-order valence-electron chi connectivity index (χ0n) is 10.3. The molecule has 0 aliphatic carbocycles. The third kappa shape index (κ3) is 3.42. The number of halogens is 4. The van der Waals surface area contributed by atoms with Crippen molar-refractivity contribution in [3.63, 3.8) is 0 Å². The molecule has 1 aromatic carbocycles. The Morgan fingerprint density at radius 2 is 2.11 bits per heavy atom. The van der Waals surface area contributed by atoms with Gasteiger partial charge in [-0.2, -0.15) is 13.2 Å². The van der Waals surface area contributed by atoms with Crippen molar-refractivity contribution in [2.24, 2.45) is 5.92 Å². The van der Waals surface area contributed by atoms with E-state index in [4.69, 9.17) is 5.11 Å². The third-order valence-electron chi connectivity index (χ3n) is 3.46. The number of aliphatic hydroxyl groups is 1. The highest BCUT2D eigenvalue weighted by Gasteiger charge is 2.41. The van der Waals surface area contributed by atoms with Crippen LogP contribution in [0.15, 0.2) is 22.7 Å². The van der Waals surface area contributed by atoms with Gasteiger partial charge in [0.15, 0.2) is 0 Å². The SMILES string of the molecule is OCc1ccc(N2CCCC(C(F)(F)F)C2)cc1Br. The first kappa shape index (κ1) is 14.7. The largest absolute Gasteiger partial charge is 0.393 e. The first-order valence-electron chi connectivity index (χ1n) is 6.12. The fourth-order valence-electron chi connectivity index (χ4n) is 2.34.